The van der Waals surface area contributed by atoms with Gasteiger partial charge < -0.3 is 26.0 Å². The number of carbonyl (C=O) groups is 3. The fourth-order valence-corrected chi connectivity index (χ4v) is 7.39. The molecule has 4 aromatic rings. The lowest BCUT2D eigenvalue weighted by Gasteiger charge is -2.27. The van der Waals surface area contributed by atoms with Gasteiger partial charge in [-0.3, -0.25) is 14.4 Å². The summed E-state index contributed by atoms with van der Waals surface area (Å²) in [5.74, 6) is 0.218. The highest BCUT2D eigenvalue weighted by Crippen LogP contribution is 2.59. The van der Waals surface area contributed by atoms with Gasteiger partial charge in [-0.2, -0.15) is 13.2 Å². The van der Waals surface area contributed by atoms with E-state index in [1.807, 2.05) is 30.3 Å². The topological polar surface area (TPSA) is 172 Å². The van der Waals surface area contributed by atoms with Crippen LogP contribution in [0.1, 0.15) is 40.6 Å². The first-order valence-electron chi connectivity index (χ1n) is 15.2. The molecule has 2 heterocycles. The van der Waals surface area contributed by atoms with Crippen molar-refractivity contribution in [3.63, 3.8) is 0 Å². The first-order valence-corrected chi connectivity index (χ1v) is 17.6. The molecule has 3 aromatic carbocycles. The Kier molecular flexibility index (Phi) is 9.20. The number of hydrazone groups is 1. The van der Waals surface area contributed by atoms with Crippen LogP contribution in [0.2, 0.25) is 0 Å². The molecular formula is C34H34N6O6S2. The highest BCUT2D eigenvalue weighted by Gasteiger charge is 2.64. The van der Waals surface area contributed by atoms with Crippen LogP contribution in [0.25, 0.3) is 0 Å². The van der Waals surface area contributed by atoms with Crippen molar-refractivity contribution in [1.29, 1.82) is 0 Å². The lowest BCUT2D eigenvalue weighted by Crippen LogP contribution is -2.50. The number of amides is 3. The molecular weight excluding hydrogens is 653 g/mol. The number of sulfonamides is 1. The Morgan fingerprint density at radius 1 is 0.938 bits per heavy atom. The van der Waals surface area contributed by atoms with Crippen LogP contribution in [0.3, 0.4) is 0 Å². The van der Waals surface area contributed by atoms with Crippen LogP contribution < -0.4 is 25.9 Å². The van der Waals surface area contributed by atoms with E-state index in [0.717, 1.165) is 11.3 Å². The van der Waals surface area contributed by atoms with Crippen molar-refractivity contribution in [3.8, 4) is 11.5 Å². The van der Waals surface area contributed by atoms with E-state index in [2.05, 4.69) is 27.5 Å². The van der Waals surface area contributed by atoms with Crippen LogP contribution in [-0.2, 0) is 26.2 Å². The molecule has 1 saturated heterocycles. The molecule has 0 radical (unpaired) electrons. The SMILES string of the molecule is C[C@@]12C[C@@H]1N(C(=O)CNC(=O)c1ccc(Oc3ccccc3)cc1)[C@H](C(=O)NCc1cc(/C(N)=N/NS(=O)(=O)c3ccccc3)cs1)C2. The van der Waals surface area contributed by atoms with E-state index in [9.17, 15) is 22.8 Å². The molecule has 48 heavy (non-hydrogen) atoms. The molecule has 0 unspecified atom stereocenters. The number of amidine groups is 1. The van der Waals surface area contributed by atoms with Gasteiger partial charge in [0, 0.05) is 27.4 Å². The quantitative estimate of drug-likeness (QED) is 0.100. The number of ether oxygens (including phenoxy) is 1. The molecule has 2 fully saturated rings. The van der Waals surface area contributed by atoms with Crippen molar-refractivity contribution in [2.45, 2.75) is 43.3 Å². The van der Waals surface area contributed by atoms with Crippen LogP contribution >= 0.6 is 11.3 Å². The molecule has 1 saturated carbocycles. The minimum Gasteiger partial charge on any atom is -0.457 e. The number of hydrogen-bond acceptors (Lipinski definition) is 8. The van der Waals surface area contributed by atoms with Gasteiger partial charge in [0.1, 0.15) is 17.5 Å². The monoisotopic (exact) mass is 686 g/mol. The number of likely N-dealkylation sites (tertiary alicyclic amines) is 1. The van der Waals surface area contributed by atoms with E-state index >= 15 is 0 Å². The zero-order chi connectivity index (χ0) is 33.9. The average molecular weight is 687 g/mol. The maximum Gasteiger partial charge on any atom is 0.276 e. The van der Waals surface area contributed by atoms with Gasteiger partial charge >= 0.3 is 0 Å². The summed E-state index contributed by atoms with van der Waals surface area (Å²) in [6.45, 7) is 2.01. The predicted octanol–water partition coefficient (Wildman–Crippen LogP) is 3.56. The average Bonchev–Trinajstić information content (AvgIpc) is 3.39. The fraction of sp³-hybridized carbons (Fsp3) is 0.235. The molecule has 2 aliphatic rings. The highest BCUT2D eigenvalue weighted by atomic mass is 32.2. The number of para-hydroxylation sites is 1. The summed E-state index contributed by atoms with van der Waals surface area (Å²) in [4.78, 5) is 44.1. The molecule has 0 spiro atoms. The van der Waals surface area contributed by atoms with E-state index in [0.29, 0.717) is 29.0 Å². The second-order valence-electron chi connectivity index (χ2n) is 11.9. The summed E-state index contributed by atoms with van der Waals surface area (Å²) in [7, 11) is -3.87. The third-order valence-corrected chi connectivity index (χ3v) is 10.6. The molecule has 1 aliphatic heterocycles. The summed E-state index contributed by atoms with van der Waals surface area (Å²) in [5, 5.41) is 11.1. The molecule has 12 nitrogen and oxygen atoms in total. The van der Waals surface area contributed by atoms with Gasteiger partial charge in [0.15, 0.2) is 5.84 Å². The van der Waals surface area contributed by atoms with E-state index in [4.69, 9.17) is 10.5 Å². The highest BCUT2D eigenvalue weighted by molar-refractivity contribution is 7.89. The fourth-order valence-electron chi connectivity index (χ4n) is 5.73. The normalized spacial score (nSPS) is 20.0. The number of nitrogens with one attached hydrogen (secondary N) is 3. The van der Waals surface area contributed by atoms with Crippen molar-refractivity contribution in [2.24, 2.45) is 16.3 Å². The van der Waals surface area contributed by atoms with Crippen LogP contribution in [0, 0.1) is 5.41 Å². The van der Waals surface area contributed by atoms with Crippen LogP contribution in [0.5, 0.6) is 11.5 Å². The van der Waals surface area contributed by atoms with Crippen molar-refractivity contribution < 1.29 is 27.5 Å². The zero-order valence-electron chi connectivity index (χ0n) is 26.0. The molecule has 3 amide bonds. The molecule has 1 aromatic heterocycles. The van der Waals surface area contributed by atoms with Gasteiger partial charge in [0.05, 0.1) is 18.0 Å². The van der Waals surface area contributed by atoms with Gasteiger partial charge in [-0.15, -0.1) is 16.4 Å². The van der Waals surface area contributed by atoms with Crippen molar-refractivity contribution in [2.75, 3.05) is 6.54 Å². The number of thiophene rings is 1. The van der Waals surface area contributed by atoms with Gasteiger partial charge in [-0.1, -0.05) is 43.3 Å². The second kappa shape index (κ2) is 13.5. The molecule has 6 rings (SSSR count). The Morgan fingerprint density at radius 2 is 1.60 bits per heavy atom. The Morgan fingerprint density at radius 3 is 2.31 bits per heavy atom. The van der Waals surface area contributed by atoms with Crippen LogP contribution in [0.4, 0.5) is 0 Å². The van der Waals surface area contributed by atoms with Gasteiger partial charge in [-0.25, -0.2) is 0 Å². The summed E-state index contributed by atoms with van der Waals surface area (Å²) in [6.07, 6.45) is 1.34. The number of rotatable bonds is 12. The maximum atomic E-state index is 13.3. The zero-order valence-corrected chi connectivity index (χ0v) is 27.6. The van der Waals surface area contributed by atoms with Gasteiger partial charge in [0.2, 0.25) is 11.8 Å². The summed E-state index contributed by atoms with van der Waals surface area (Å²) in [5.41, 5.74) is 6.77. The summed E-state index contributed by atoms with van der Waals surface area (Å²) >= 11 is 1.33. The number of hydrogen-bond donors (Lipinski definition) is 4. The van der Waals surface area contributed by atoms with E-state index < -0.39 is 22.0 Å². The van der Waals surface area contributed by atoms with E-state index in [-0.39, 0.29) is 47.1 Å². The van der Waals surface area contributed by atoms with Crippen molar-refractivity contribution in [3.05, 3.63) is 112 Å². The standard InChI is InChI=1S/C34H34N6O6S2/c1-34-17-28(33(43)36-19-26-16-23(21-47-26)31(35)38-39-48(44,45)27-10-6-3-7-11-27)40(29(34)18-34)30(41)20-37-32(42)22-12-14-25(15-13-22)46-24-8-4-2-5-9-24/h2-16,21,28-29,39H,17-20H2,1H3,(H2,35,38)(H,36,43)(H,37,42)/t28-,29-,34+/m0/s1. The first kappa shape index (κ1) is 32.7. The van der Waals surface area contributed by atoms with E-state index in [1.165, 1.54) is 23.5 Å². The Bertz CT molecular complexity index is 1950. The maximum absolute atomic E-state index is 13.3. The summed E-state index contributed by atoms with van der Waals surface area (Å²) in [6, 6.07) is 24.7. The van der Waals surface area contributed by atoms with Gasteiger partial charge in [0.25, 0.3) is 15.9 Å². The van der Waals surface area contributed by atoms with Crippen LogP contribution in [-0.4, -0.2) is 55.5 Å². The molecule has 0 bridgehead atoms. The second-order valence-corrected chi connectivity index (χ2v) is 14.6. The number of piperidine rings is 1. The van der Waals surface area contributed by atoms with E-state index in [1.54, 1.807) is 58.8 Å². The molecule has 1 aliphatic carbocycles. The Labute approximate surface area is 282 Å². The smallest absolute Gasteiger partial charge is 0.276 e. The van der Waals surface area contributed by atoms with Crippen molar-refractivity contribution >= 4 is 44.9 Å². The number of nitrogens with zero attached hydrogens (tertiary/aromatic N) is 2. The first-order chi connectivity index (χ1) is 23.0. The number of benzene rings is 3. The lowest BCUT2D eigenvalue weighted by molar-refractivity contribution is -0.139. The lowest BCUT2D eigenvalue weighted by atomic mass is 10.0. The largest absolute Gasteiger partial charge is 0.457 e. The third kappa shape index (κ3) is 7.34. The van der Waals surface area contributed by atoms with Crippen LogP contribution in [0.15, 0.2) is 106 Å². The molecule has 5 N–H and O–H groups in total. The summed E-state index contributed by atoms with van der Waals surface area (Å²) < 4.78 is 30.6. The number of carbonyl (C=O) groups excluding carboxylic acids is 3. The minimum absolute atomic E-state index is 0.0255. The molecule has 248 valence electrons. The van der Waals surface area contributed by atoms with Crippen molar-refractivity contribution in [1.82, 2.24) is 20.4 Å². The number of fused-ring (bicyclic) bond motifs is 1. The Hall–Kier alpha value is -5.21. The molecule has 3 atom stereocenters. The predicted molar refractivity (Wildman–Crippen MR) is 181 cm³/mol. The minimum atomic E-state index is -3.87. The number of nitrogens with two attached hydrogens (primary N) is 1. The third-order valence-electron chi connectivity index (χ3n) is 8.45. The van der Waals surface area contributed by atoms with Gasteiger partial charge in [-0.05, 0) is 72.9 Å². The molecule has 14 heteroatoms. The Balaban J connectivity index is 1.01.